The van der Waals surface area contributed by atoms with Crippen LogP contribution in [-0.2, 0) is 37.1 Å². The van der Waals surface area contributed by atoms with E-state index in [2.05, 4.69) is 18.5 Å². The van der Waals surface area contributed by atoms with Crippen molar-refractivity contribution in [2.75, 3.05) is 39.6 Å². The Balaban J connectivity index is 4.73. The Hall–Kier alpha value is -2.21. The zero-order valence-corrected chi connectivity index (χ0v) is 20.8. The SMILES string of the molecule is C=C(C)C(=O)OCC(COC(=O)C(=C)C)OC(=O)NCCC[Si](OCC)(OCC)OCC. The summed E-state index contributed by atoms with van der Waals surface area (Å²) in [4.78, 5) is 35.4. The van der Waals surface area contributed by atoms with Gasteiger partial charge in [-0.15, -0.1) is 0 Å². The Morgan fingerprint density at radius 2 is 1.28 bits per heavy atom. The Kier molecular flexibility index (Phi) is 15.3. The van der Waals surface area contributed by atoms with Gasteiger partial charge in [0.05, 0.1) is 0 Å². The number of carbonyl (C=O) groups is 3. The molecule has 0 aliphatic heterocycles. The second-order valence-corrected chi connectivity index (χ2v) is 9.53. The number of hydrogen-bond acceptors (Lipinski definition) is 9. The molecule has 0 fully saturated rings. The van der Waals surface area contributed by atoms with Crippen molar-refractivity contribution in [1.29, 1.82) is 0 Å². The van der Waals surface area contributed by atoms with E-state index < -0.39 is 32.9 Å². The van der Waals surface area contributed by atoms with Crippen LogP contribution in [0.25, 0.3) is 0 Å². The summed E-state index contributed by atoms with van der Waals surface area (Å²) in [6.45, 7) is 16.7. The van der Waals surface area contributed by atoms with Crippen LogP contribution in [0, 0.1) is 0 Å². The average molecular weight is 476 g/mol. The van der Waals surface area contributed by atoms with Crippen LogP contribution >= 0.6 is 0 Å². The van der Waals surface area contributed by atoms with Crippen molar-refractivity contribution >= 4 is 26.8 Å². The Bertz CT molecular complexity index is 592. The molecule has 0 saturated heterocycles. The standard InChI is InChI=1S/C21H37NO9Si/c1-8-28-32(29-9-2,30-10-3)13-11-12-22-21(25)31-18(14-26-19(23)16(4)5)15-27-20(24)17(6)7/h18H,4,6,8-15H2,1-3,5,7H3,(H,22,25). The highest BCUT2D eigenvalue weighted by Gasteiger charge is 2.39. The molecule has 0 unspecified atom stereocenters. The van der Waals surface area contributed by atoms with E-state index in [0.29, 0.717) is 32.3 Å². The Morgan fingerprint density at radius 3 is 1.66 bits per heavy atom. The first-order valence-electron chi connectivity index (χ1n) is 10.6. The molecule has 0 rings (SSSR count). The molecule has 10 nitrogen and oxygen atoms in total. The highest BCUT2D eigenvalue weighted by molar-refractivity contribution is 6.60. The molecule has 0 aromatic carbocycles. The van der Waals surface area contributed by atoms with E-state index in [9.17, 15) is 14.4 Å². The summed E-state index contributed by atoms with van der Waals surface area (Å²) in [7, 11) is -2.80. The molecule has 184 valence electrons. The van der Waals surface area contributed by atoms with Gasteiger partial charge in [-0.3, -0.25) is 0 Å². The molecular weight excluding hydrogens is 438 g/mol. The average Bonchev–Trinajstić information content (AvgIpc) is 2.73. The molecule has 1 amide bonds. The minimum Gasteiger partial charge on any atom is -0.458 e. The summed E-state index contributed by atoms with van der Waals surface area (Å²) in [5.74, 6) is -1.29. The van der Waals surface area contributed by atoms with Crippen LogP contribution in [0.15, 0.2) is 24.3 Å². The van der Waals surface area contributed by atoms with Gasteiger partial charge < -0.3 is 32.8 Å². The van der Waals surface area contributed by atoms with Crippen LogP contribution < -0.4 is 5.32 Å². The van der Waals surface area contributed by atoms with E-state index in [1.807, 2.05) is 20.8 Å². The van der Waals surface area contributed by atoms with Gasteiger partial charge in [0.1, 0.15) is 13.2 Å². The van der Waals surface area contributed by atoms with Crippen LogP contribution in [0.3, 0.4) is 0 Å². The first-order chi connectivity index (χ1) is 15.1. The molecule has 11 heteroatoms. The maximum atomic E-state index is 12.2. The van der Waals surface area contributed by atoms with Crippen LogP contribution in [0.1, 0.15) is 41.0 Å². The van der Waals surface area contributed by atoms with Gasteiger partial charge in [0.25, 0.3) is 0 Å². The second-order valence-electron chi connectivity index (χ2n) is 6.80. The third-order valence-electron chi connectivity index (χ3n) is 3.79. The molecule has 0 spiro atoms. The van der Waals surface area contributed by atoms with Gasteiger partial charge in [-0.05, 0) is 41.0 Å². The number of rotatable bonds is 17. The van der Waals surface area contributed by atoms with Crippen molar-refractivity contribution in [1.82, 2.24) is 5.32 Å². The normalized spacial score (nSPS) is 11.1. The van der Waals surface area contributed by atoms with Gasteiger partial charge in [0.2, 0.25) is 0 Å². The summed E-state index contributed by atoms with van der Waals surface area (Å²) < 4.78 is 32.6. The number of ether oxygens (including phenoxy) is 3. The molecule has 0 atom stereocenters. The summed E-state index contributed by atoms with van der Waals surface area (Å²) in [6, 6.07) is 0.526. The first-order valence-corrected chi connectivity index (χ1v) is 12.6. The molecule has 0 aromatic rings. The van der Waals surface area contributed by atoms with Crippen molar-refractivity contribution in [2.24, 2.45) is 0 Å². The fourth-order valence-corrected chi connectivity index (χ4v) is 5.00. The van der Waals surface area contributed by atoms with E-state index in [4.69, 9.17) is 27.5 Å². The number of amides is 1. The van der Waals surface area contributed by atoms with Crippen LogP contribution in [0.4, 0.5) is 4.79 Å². The van der Waals surface area contributed by atoms with Crippen molar-refractivity contribution in [2.45, 2.75) is 53.2 Å². The van der Waals surface area contributed by atoms with Gasteiger partial charge in [0, 0.05) is 43.6 Å². The molecule has 0 aromatic heterocycles. The monoisotopic (exact) mass is 475 g/mol. The summed E-state index contributed by atoms with van der Waals surface area (Å²) in [5.41, 5.74) is 0.385. The predicted octanol–water partition coefficient (Wildman–Crippen LogP) is 2.76. The summed E-state index contributed by atoms with van der Waals surface area (Å²) >= 11 is 0. The number of nitrogens with one attached hydrogen (secondary N) is 1. The van der Waals surface area contributed by atoms with E-state index in [1.165, 1.54) is 13.8 Å². The zero-order chi connectivity index (χ0) is 24.6. The lowest BCUT2D eigenvalue weighted by atomic mass is 10.3. The van der Waals surface area contributed by atoms with Crippen molar-refractivity contribution in [3.63, 3.8) is 0 Å². The topological polar surface area (TPSA) is 119 Å². The highest BCUT2D eigenvalue weighted by atomic mass is 28.4. The molecule has 0 aliphatic carbocycles. The van der Waals surface area contributed by atoms with Crippen LogP contribution in [0.2, 0.25) is 6.04 Å². The van der Waals surface area contributed by atoms with E-state index in [1.54, 1.807) is 0 Å². The number of alkyl carbamates (subject to hydrolysis) is 1. The first kappa shape index (κ1) is 29.8. The van der Waals surface area contributed by atoms with Gasteiger partial charge in [-0.1, -0.05) is 13.2 Å². The Labute approximate surface area is 191 Å². The highest BCUT2D eigenvalue weighted by Crippen LogP contribution is 2.17. The van der Waals surface area contributed by atoms with Crippen LogP contribution in [0.5, 0.6) is 0 Å². The fourth-order valence-electron chi connectivity index (χ4n) is 2.39. The van der Waals surface area contributed by atoms with Crippen molar-refractivity contribution < 1.29 is 41.9 Å². The second kappa shape index (κ2) is 16.4. The van der Waals surface area contributed by atoms with E-state index >= 15 is 0 Å². The van der Waals surface area contributed by atoms with Gasteiger partial charge >= 0.3 is 26.8 Å². The smallest absolute Gasteiger partial charge is 0.458 e. The quantitative estimate of drug-likeness (QED) is 0.111. The Morgan fingerprint density at radius 1 is 0.844 bits per heavy atom. The predicted molar refractivity (Wildman–Crippen MR) is 120 cm³/mol. The van der Waals surface area contributed by atoms with E-state index in [-0.39, 0.29) is 30.9 Å². The third kappa shape index (κ3) is 12.6. The van der Waals surface area contributed by atoms with Gasteiger partial charge in [-0.25, -0.2) is 14.4 Å². The maximum absolute atomic E-state index is 12.2. The van der Waals surface area contributed by atoms with Crippen LogP contribution in [-0.4, -0.2) is 72.5 Å². The molecule has 1 N–H and O–H groups in total. The van der Waals surface area contributed by atoms with Crippen molar-refractivity contribution in [3.05, 3.63) is 24.3 Å². The number of esters is 2. The molecule has 32 heavy (non-hydrogen) atoms. The fraction of sp³-hybridized carbons (Fsp3) is 0.667. The van der Waals surface area contributed by atoms with Crippen molar-refractivity contribution in [3.8, 4) is 0 Å². The lowest BCUT2D eigenvalue weighted by molar-refractivity contribution is -0.147. The minimum atomic E-state index is -2.80. The molecule has 0 aliphatic rings. The van der Waals surface area contributed by atoms with Gasteiger partial charge in [-0.2, -0.15) is 0 Å². The summed E-state index contributed by atoms with van der Waals surface area (Å²) in [5, 5.41) is 2.61. The lowest BCUT2D eigenvalue weighted by Gasteiger charge is -2.28. The lowest BCUT2D eigenvalue weighted by Crippen LogP contribution is -2.46. The summed E-state index contributed by atoms with van der Waals surface area (Å²) in [6.07, 6.45) is -1.20. The molecule has 0 heterocycles. The molecular formula is C21H37NO9Si. The van der Waals surface area contributed by atoms with E-state index in [0.717, 1.165) is 0 Å². The minimum absolute atomic E-state index is 0.192. The third-order valence-corrected chi connectivity index (χ3v) is 6.94. The van der Waals surface area contributed by atoms with Gasteiger partial charge in [0.15, 0.2) is 6.10 Å². The number of hydrogen-bond donors (Lipinski definition) is 1. The maximum Gasteiger partial charge on any atom is 0.500 e. The zero-order valence-electron chi connectivity index (χ0n) is 19.8. The molecule has 0 bridgehead atoms. The molecule has 0 saturated carbocycles. The largest absolute Gasteiger partial charge is 0.500 e. The number of carbonyl (C=O) groups excluding carboxylic acids is 3. The molecule has 0 radical (unpaired) electrons.